The van der Waals surface area contributed by atoms with Crippen LogP contribution in [0.25, 0.3) is 0 Å². The van der Waals surface area contributed by atoms with Gasteiger partial charge in [-0.15, -0.1) is 12.3 Å². The zero-order valence-electron chi connectivity index (χ0n) is 10.4. The van der Waals surface area contributed by atoms with E-state index in [0.29, 0.717) is 25.6 Å². The molecule has 0 heterocycles. The third kappa shape index (κ3) is 4.05. The smallest absolute Gasteiger partial charge is 0.123 e. The first-order valence-corrected chi connectivity index (χ1v) is 6.37. The molecule has 1 saturated carbocycles. The van der Waals surface area contributed by atoms with E-state index in [-0.39, 0.29) is 5.82 Å². The Kier molecular flexibility index (Phi) is 4.60. The topological polar surface area (TPSA) is 21.3 Å². The van der Waals surface area contributed by atoms with Crippen LogP contribution < -0.4 is 10.1 Å². The average molecular weight is 247 g/mol. The minimum absolute atomic E-state index is 0.224. The lowest BCUT2D eigenvalue weighted by atomic mass is 10.2. The third-order valence-corrected chi connectivity index (χ3v) is 2.90. The van der Waals surface area contributed by atoms with Crippen molar-refractivity contribution in [2.24, 2.45) is 0 Å². The number of unbranched alkanes of at least 4 members (excludes halogenated alkanes) is 1. The van der Waals surface area contributed by atoms with Crippen LogP contribution in [-0.4, -0.2) is 12.6 Å². The molecule has 0 aliphatic heterocycles. The van der Waals surface area contributed by atoms with Gasteiger partial charge in [-0.25, -0.2) is 4.39 Å². The lowest BCUT2D eigenvalue weighted by molar-refractivity contribution is 0.308. The minimum atomic E-state index is -0.224. The molecule has 96 valence electrons. The molecular weight excluding hydrogens is 229 g/mol. The van der Waals surface area contributed by atoms with E-state index < -0.39 is 0 Å². The maximum Gasteiger partial charge on any atom is 0.123 e. The minimum Gasteiger partial charge on any atom is -0.493 e. The number of hydrogen-bond acceptors (Lipinski definition) is 2. The Bertz CT molecular complexity index is 435. The molecule has 3 heteroatoms. The van der Waals surface area contributed by atoms with Gasteiger partial charge in [-0.3, -0.25) is 0 Å². The first-order valence-electron chi connectivity index (χ1n) is 6.37. The standard InChI is InChI=1S/C15H18FNO/c1-2-3-4-9-18-15-8-5-13(16)10-12(15)11-17-14-6-7-14/h1,5,8,10,14,17H,3-4,6-7,9,11H2. The fourth-order valence-electron chi connectivity index (χ4n) is 1.73. The van der Waals surface area contributed by atoms with E-state index in [9.17, 15) is 4.39 Å². The van der Waals surface area contributed by atoms with E-state index in [1.807, 2.05) is 0 Å². The second kappa shape index (κ2) is 6.42. The molecule has 18 heavy (non-hydrogen) atoms. The molecule has 1 aliphatic carbocycles. The quantitative estimate of drug-likeness (QED) is 0.591. The Balaban J connectivity index is 1.91. The zero-order valence-corrected chi connectivity index (χ0v) is 10.4. The second-order valence-electron chi connectivity index (χ2n) is 4.56. The fourth-order valence-corrected chi connectivity index (χ4v) is 1.73. The van der Waals surface area contributed by atoms with E-state index in [4.69, 9.17) is 11.2 Å². The van der Waals surface area contributed by atoms with Gasteiger partial charge in [0.2, 0.25) is 0 Å². The van der Waals surface area contributed by atoms with Gasteiger partial charge >= 0.3 is 0 Å². The monoisotopic (exact) mass is 247 g/mol. The van der Waals surface area contributed by atoms with Gasteiger partial charge in [-0.05, 0) is 37.5 Å². The van der Waals surface area contributed by atoms with Gasteiger partial charge in [0, 0.05) is 24.6 Å². The van der Waals surface area contributed by atoms with E-state index in [1.54, 1.807) is 6.07 Å². The Labute approximate surface area is 108 Å². The van der Waals surface area contributed by atoms with E-state index in [2.05, 4.69) is 11.2 Å². The molecule has 2 rings (SSSR count). The highest BCUT2D eigenvalue weighted by Gasteiger charge is 2.20. The van der Waals surface area contributed by atoms with Gasteiger partial charge in [-0.1, -0.05) is 0 Å². The van der Waals surface area contributed by atoms with Gasteiger partial charge in [0.1, 0.15) is 11.6 Å². The van der Waals surface area contributed by atoms with Crippen molar-refractivity contribution < 1.29 is 9.13 Å². The lowest BCUT2D eigenvalue weighted by Gasteiger charge is -2.12. The number of hydrogen-bond donors (Lipinski definition) is 1. The van der Waals surface area contributed by atoms with Crippen molar-refractivity contribution in [1.29, 1.82) is 0 Å². The molecule has 1 aromatic carbocycles. The largest absolute Gasteiger partial charge is 0.493 e. The molecular formula is C15H18FNO. The molecule has 1 fully saturated rings. The molecule has 1 aromatic rings. The lowest BCUT2D eigenvalue weighted by Crippen LogP contribution is -2.16. The van der Waals surface area contributed by atoms with Crippen molar-refractivity contribution in [3.63, 3.8) is 0 Å². The van der Waals surface area contributed by atoms with Crippen LogP contribution in [-0.2, 0) is 6.54 Å². The average Bonchev–Trinajstić information content (AvgIpc) is 3.18. The van der Waals surface area contributed by atoms with Crippen LogP contribution >= 0.6 is 0 Å². The second-order valence-corrected chi connectivity index (χ2v) is 4.56. The summed E-state index contributed by atoms with van der Waals surface area (Å²) in [5.41, 5.74) is 0.877. The summed E-state index contributed by atoms with van der Waals surface area (Å²) in [5, 5.41) is 3.36. The zero-order chi connectivity index (χ0) is 12.8. The summed E-state index contributed by atoms with van der Waals surface area (Å²) in [4.78, 5) is 0. The summed E-state index contributed by atoms with van der Waals surface area (Å²) < 4.78 is 18.9. The Morgan fingerprint density at radius 2 is 2.28 bits per heavy atom. The molecule has 2 nitrogen and oxygen atoms in total. The molecule has 0 amide bonds. The number of terminal acetylenes is 1. The molecule has 0 radical (unpaired) electrons. The van der Waals surface area contributed by atoms with Crippen LogP contribution in [0.5, 0.6) is 5.75 Å². The fraction of sp³-hybridized carbons (Fsp3) is 0.467. The maximum absolute atomic E-state index is 13.2. The van der Waals surface area contributed by atoms with E-state index in [0.717, 1.165) is 17.7 Å². The normalized spacial score (nSPS) is 14.2. The Morgan fingerprint density at radius 1 is 1.44 bits per heavy atom. The Hall–Kier alpha value is -1.53. The molecule has 0 spiro atoms. The van der Waals surface area contributed by atoms with Crippen LogP contribution in [0.15, 0.2) is 18.2 Å². The van der Waals surface area contributed by atoms with Gasteiger partial charge < -0.3 is 10.1 Å². The number of benzene rings is 1. The van der Waals surface area contributed by atoms with Crippen molar-refractivity contribution in [2.75, 3.05) is 6.61 Å². The molecule has 0 bridgehead atoms. The highest BCUT2D eigenvalue weighted by atomic mass is 19.1. The molecule has 0 aromatic heterocycles. The predicted molar refractivity (Wildman–Crippen MR) is 69.8 cm³/mol. The molecule has 1 aliphatic rings. The highest BCUT2D eigenvalue weighted by Crippen LogP contribution is 2.23. The van der Waals surface area contributed by atoms with Crippen molar-refractivity contribution in [3.05, 3.63) is 29.6 Å². The van der Waals surface area contributed by atoms with Gasteiger partial charge in [0.25, 0.3) is 0 Å². The molecule has 1 N–H and O–H groups in total. The number of halogens is 1. The number of ether oxygens (including phenoxy) is 1. The first kappa shape index (κ1) is 12.9. The molecule has 0 atom stereocenters. The summed E-state index contributed by atoms with van der Waals surface area (Å²) >= 11 is 0. The van der Waals surface area contributed by atoms with E-state index in [1.165, 1.54) is 25.0 Å². The van der Waals surface area contributed by atoms with Crippen molar-refractivity contribution >= 4 is 0 Å². The SMILES string of the molecule is C#CCCCOc1ccc(F)cc1CNC1CC1. The van der Waals surface area contributed by atoms with Crippen LogP contribution in [0, 0.1) is 18.2 Å². The summed E-state index contributed by atoms with van der Waals surface area (Å²) in [6.45, 7) is 1.24. The third-order valence-electron chi connectivity index (χ3n) is 2.90. The highest BCUT2D eigenvalue weighted by molar-refractivity contribution is 5.34. The maximum atomic E-state index is 13.2. The van der Waals surface area contributed by atoms with E-state index >= 15 is 0 Å². The summed E-state index contributed by atoms with van der Waals surface area (Å²) in [6, 6.07) is 5.25. The summed E-state index contributed by atoms with van der Waals surface area (Å²) in [6.07, 6.45) is 9.14. The number of rotatable bonds is 7. The van der Waals surface area contributed by atoms with Crippen molar-refractivity contribution in [1.82, 2.24) is 5.32 Å². The summed E-state index contributed by atoms with van der Waals surface area (Å²) in [5.74, 6) is 3.10. The number of nitrogens with one attached hydrogen (secondary N) is 1. The van der Waals surface area contributed by atoms with Crippen molar-refractivity contribution in [3.8, 4) is 18.1 Å². The van der Waals surface area contributed by atoms with Crippen LogP contribution in [0.4, 0.5) is 4.39 Å². The van der Waals surface area contributed by atoms with Gasteiger partial charge in [-0.2, -0.15) is 0 Å². The molecule has 0 unspecified atom stereocenters. The van der Waals surface area contributed by atoms with Crippen LogP contribution in [0.2, 0.25) is 0 Å². The van der Waals surface area contributed by atoms with Crippen LogP contribution in [0.1, 0.15) is 31.2 Å². The van der Waals surface area contributed by atoms with Crippen LogP contribution in [0.3, 0.4) is 0 Å². The van der Waals surface area contributed by atoms with Gasteiger partial charge in [0.15, 0.2) is 0 Å². The first-order chi connectivity index (χ1) is 8.79. The predicted octanol–water partition coefficient (Wildman–Crippen LogP) is 2.87. The van der Waals surface area contributed by atoms with Gasteiger partial charge in [0.05, 0.1) is 6.61 Å². The molecule has 0 saturated heterocycles. The Morgan fingerprint density at radius 3 is 3.00 bits per heavy atom. The summed E-state index contributed by atoms with van der Waals surface area (Å²) in [7, 11) is 0. The van der Waals surface area contributed by atoms with Crippen molar-refractivity contribution in [2.45, 2.75) is 38.3 Å².